The number of ether oxygens (including phenoxy) is 2. The number of para-hydroxylation sites is 1. The minimum Gasteiger partial charge on any atom is -0.493 e. The van der Waals surface area contributed by atoms with Crippen LogP contribution in [0.25, 0.3) is 6.08 Å². The van der Waals surface area contributed by atoms with Gasteiger partial charge in [-0.15, -0.1) is 0 Å². The van der Waals surface area contributed by atoms with Crippen LogP contribution in [-0.4, -0.2) is 55.5 Å². The molecule has 2 rings (SSSR count). The lowest BCUT2D eigenvalue weighted by Crippen LogP contribution is -2.15. The molecule has 0 heterocycles. The molecule has 0 atom stereocenters. The van der Waals surface area contributed by atoms with Gasteiger partial charge in [0.25, 0.3) is 0 Å². The highest BCUT2D eigenvalue weighted by atomic mass is 16.5. The van der Waals surface area contributed by atoms with Crippen LogP contribution in [0, 0.1) is 0 Å². The number of aldehydes is 1. The zero-order chi connectivity index (χ0) is 23.3. The van der Waals surface area contributed by atoms with Crippen LogP contribution in [0.15, 0.2) is 58.6 Å². The number of aliphatic imine (C=N–C) groups is 1. The van der Waals surface area contributed by atoms with Gasteiger partial charge in [0.05, 0.1) is 24.9 Å². The molecule has 0 aromatic heterocycles. The van der Waals surface area contributed by atoms with Gasteiger partial charge in [-0.2, -0.15) is 5.10 Å². The molecule has 0 aliphatic carbocycles. The molecule has 0 aliphatic heterocycles. The Morgan fingerprint density at radius 2 is 1.97 bits per heavy atom. The molecule has 0 unspecified atom stereocenters. The molecule has 2 aromatic rings. The van der Waals surface area contributed by atoms with Crippen molar-refractivity contribution < 1.29 is 29.0 Å². The molecule has 4 N–H and O–H groups in total. The van der Waals surface area contributed by atoms with E-state index in [1.54, 1.807) is 36.4 Å². The third-order valence-corrected chi connectivity index (χ3v) is 3.99. The normalized spacial score (nSPS) is 11.5. The van der Waals surface area contributed by atoms with Crippen molar-refractivity contribution in [2.45, 2.75) is 0 Å². The number of hydrazone groups is 1. The zero-order valence-corrected chi connectivity index (χ0v) is 17.2. The van der Waals surface area contributed by atoms with E-state index in [9.17, 15) is 19.5 Å². The Labute approximate surface area is 184 Å². The SMILES string of the molecule is COc1cc(/C=C/C(=O)Nc2ccccc2C(=O)O)ccc1OCC(C=NCC=O)=NN. The maximum Gasteiger partial charge on any atom is 0.337 e. The quantitative estimate of drug-likeness (QED) is 0.159. The van der Waals surface area contributed by atoms with Crippen molar-refractivity contribution in [3.05, 3.63) is 59.7 Å². The first-order valence-corrected chi connectivity index (χ1v) is 9.31. The number of aromatic carboxylic acids is 1. The van der Waals surface area contributed by atoms with Gasteiger partial charge in [0.15, 0.2) is 11.5 Å². The first-order chi connectivity index (χ1) is 15.5. The lowest BCUT2D eigenvalue weighted by Gasteiger charge is -2.11. The number of carbonyl (C=O) groups is 3. The van der Waals surface area contributed by atoms with Crippen molar-refractivity contribution in [3.8, 4) is 11.5 Å². The predicted octanol–water partition coefficient (Wildman–Crippen LogP) is 2.01. The number of anilines is 1. The number of nitrogens with two attached hydrogens (primary N) is 1. The van der Waals surface area contributed by atoms with Crippen molar-refractivity contribution >= 4 is 41.9 Å². The van der Waals surface area contributed by atoms with E-state index in [4.69, 9.17) is 15.3 Å². The Hall–Kier alpha value is -4.47. The molecule has 10 heteroatoms. The van der Waals surface area contributed by atoms with Crippen molar-refractivity contribution in [3.63, 3.8) is 0 Å². The van der Waals surface area contributed by atoms with Crippen molar-refractivity contribution in [1.29, 1.82) is 0 Å². The second-order valence-corrected chi connectivity index (χ2v) is 6.15. The van der Waals surface area contributed by atoms with Gasteiger partial charge < -0.3 is 30.5 Å². The van der Waals surface area contributed by atoms with Gasteiger partial charge in [-0.25, -0.2) is 4.79 Å². The van der Waals surface area contributed by atoms with Crippen LogP contribution in [0.4, 0.5) is 5.69 Å². The fourth-order valence-electron chi connectivity index (χ4n) is 2.49. The minimum atomic E-state index is -1.14. The summed E-state index contributed by atoms with van der Waals surface area (Å²) in [5.74, 6) is 4.47. The Bertz CT molecular complexity index is 1060. The standard InChI is InChI=1S/C22H22N4O6/c1-31-20-12-15(6-8-19(20)32-14-16(26-23)13-24-10-11-27)7-9-21(28)25-18-5-3-2-4-17(18)22(29)30/h2-9,11-13H,10,14,23H2,1H3,(H,25,28)(H,29,30)/b9-7+,24-13?,26-16?. The van der Waals surface area contributed by atoms with Crippen LogP contribution < -0.4 is 20.6 Å². The molecule has 0 aliphatic rings. The highest BCUT2D eigenvalue weighted by Crippen LogP contribution is 2.28. The van der Waals surface area contributed by atoms with Gasteiger partial charge in [0, 0.05) is 12.3 Å². The number of benzene rings is 2. The number of rotatable bonds is 11. The van der Waals surface area contributed by atoms with Gasteiger partial charge >= 0.3 is 5.97 Å². The van der Waals surface area contributed by atoms with Crippen LogP contribution in [0.5, 0.6) is 11.5 Å². The number of hydrogen-bond acceptors (Lipinski definition) is 8. The second kappa shape index (κ2) is 12.3. The van der Waals surface area contributed by atoms with E-state index < -0.39 is 11.9 Å². The fourth-order valence-corrected chi connectivity index (χ4v) is 2.49. The van der Waals surface area contributed by atoms with Crippen LogP contribution >= 0.6 is 0 Å². The Morgan fingerprint density at radius 1 is 1.19 bits per heavy atom. The molecule has 0 spiro atoms. The molecule has 166 valence electrons. The molecule has 0 saturated heterocycles. The minimum absolute atomic E-state index is 0.00115. The molecule has 2 aromatic carbocycles. The number of hydrogen-bond donors (Lipinski definition) is 3. The predicted molar refractivity (Wildman–Crippen MR) is 121 cm³/mol. The van der Waals surface area contributed by atoms with Gasteiger partial charge in [-0.1, -0.05) is 18.2 Å². The fraction of sp³-hybridized carbons (Fsp3) is 0.136. The highest BCUT2D eigenvalue weighted by molar-refractivity contribution is 6.31. The number of carbonyl (C=O) groups excluding carboxylic acids is 2. The molecule has 0 saturated carbocycles. The summed E-state index contributed by atoms with van der Waals surface area (Å²) in [5.41, 5.74) is 1.17. The number of carboxylic acid groups (broad SMARTS) is 1. The van der Waals surface area contributed by atoms with E-state index >= 15 is 0 Å². The van der Waals surface area contributed by atoms with Crippen LogP contribution in [0.2, 0.25) is 0 Å². The first-order valence-electron chi connectivity index (χ1n) is 9.31. The van der Waals surface area contributed by atoms with Gasteiger partial charge in [-0.3, -0.25) is 9.79 Å². The molecule has 0 radical (unpaired) electrons. The summed E-state index contributed by atoms with van der Waals surface area (Å²) in [5, 5.41) is 15.3. The average Bonchev–Trinajstić information content (AvgIpc) is 2.80. The van der Waals surface area contributed by atoms with E-state index in [1.165, 1.54) is 31.5 Å². The van der Waals surface area contributed by atoms with Crippen molar-refractivity contribution in [1.82, 2.24) is 0 Å². The number of carboxylic acids is 1. The maximum absolute atomic E-state index is 12.2. The molecular formula is C22H22N4O6. The molecule has 32 heavy (non-hydrogen) atoms. The van der Waals surface area contributed by atoms with Crippen molar-refractivity contribution in [2.24, 2.45) is 15.9 Å². The van der Waals surface area contributed by atoms with E-state index in [1.807, 2.05) is 0 Å². The summed E-state index contributed by atoms with van der Waals surface area (Å²) in [6, 6.07) is 11.1. The maximum atomic E-state index is 12.2. The van der Waals surface area contributed by atoms with E-state index in [0.29, 0.717) is 29.1 Å². The third-order valence-electron chi connectivity index (χ3n) is 3.99. The smallest absolute Gasteiger partial charge is 0.337 e. The summed E-state index contributed by atoms with van der Waals surface area (Å²) < 4.78 is 11.0. The monoisotopic (exact) mass is 438 g/mol. The van der Waals surface area contributed by atoms with Gasteiger partial charge in [0.1, 0.15) is 18.6 Å². The second-order valence-electron chi connectivity index (χ2n) is 6.15. The Kier molecular flexibility index (Phi) is 9.13. The topological polar surface area (TPSA) is 153 Å². The average molecular weight is 438 g/mol. The summed E-state index contributed by atoms with van der Waals surface area (Å²) in [7, 11) is 1.47. The third kappa shape index (κ3) is 7.10. The number of nitrogens with one attached hydrogen (secondary N) is 1. The van der Waals surface area contributed by atoms with Gasteiger partial charge in [0.2, 0.25) is 5.91 Å². The van der Waals surface area contributed by atoms with E-state index in [0.717, 1.165) is 0 Å². The first kappa shape index (κ1) is 23.8. The summed E-state index contributed by atoms with van der Waals surface area (Å²) >= 11 is 0. The summed E-state index contributed by atoms with van der Waals surface area (Å²) in [6.45, 7) is 0.00857. The number of methoxy groups -OCH3 is 1. The van der Waals surface area contributed by atoms with Crippen LogP contribution in [0.3, 0.4) is 0 Å². The number of amides is 1. The zero-order valence-electron chi connectivity index (χ0n) is 17.2. The molecule has 0 fully saturated rings. The van der Waals surface area contributed by atoms with E-state index in [-0.39, 0.29) is 24.4 Å². The van der Waals surface area contributed by atoms with Crippen molar-refractivity contribution in [2.75, 3.05) is 25.6 Å². The molecule has 0 bridgehead atoms. The van der Waals surface area contributed by atoms with Gasteiger partial charge in [-0.05, 0) is 35.9 Å². The molecule has 10 nitrogen and oxygen atoms in total. The molecular weight excluding hydrogens is 416 g/mol. The van der Waals surface area contributed by atoms with Crippen LogP contribution in [0.1, 0.15) is 15.9 Å². The Balaban J connectivity index is 2.06. The lowest BCUT2D eigenvalue weighted by atomic mass is 10.1. The van der Waals surface area contributed by atoms with Crippen LogP contribution in [-0.2, 0) is 9.59 Å². The summed E-state index contributed by atoms with van der Waals surface area (Å²) in [6.07, 6.45) is 4.81. The largest absolute Gasteiger partial charge is 0.493 e. The lowest BCUT2D eigenvalue weighted by molar-refractivity contribution is -0.112. The highest BCUT2D eigenvalue weighted by Gasteiger charge is 2.10. The summed E-state index contributed by atoms with van der Waals surface area (Å²) in [4.78, 5) is 37.6. The van der Waals surface area contributed by atoms with E-state index in [2.05, 4.69) is 15.4 Å². The Morgan fingerprint density at radius 3 is 2.66 bits per heavy atom. The number of nitrogens with zero attached hydrogens (tertiary/aromatic N) is 2. The molecule has 1 amide bonds.